The van der Waals surface area contributed by atoms with E-state index in [0.29, 0.717) is 39.7 Å². The summed E-state index contributed by atoms with van der Waals surface area (Å²) in [6.07, 6.45) is -2.69. The van der Waals surface area contributed by atoms with Gasteiger partial charge in [-0.25, -0.2) is 8.78 Å². The lowest BCUT2D eigenvalue weighted by Gasteiger charge is -2.12. The molecule has 29 heavy (non-hydrogen) atoms. The third-order valence-corrected chi connectivity index (χ3v) is 6.35. The zero-order valence-corrected chi connectivity index (χ0v) is 16.6. The maximum atomic E-state index is 13.3. The third kappa shape index (κ3) is 3.18. The largest absolute Gasteiger partial charge is 0.330 e. The summed E-state index contributed by atoms with van der Waals surface area (Å²) < 4.78 is 26.8. The second kappa shape index (κ2) is 7.20. The van der Waals surface area contributed by atoms with E-state index in [1.54, 1.807) is 6.92 Å². The lowest BCUT2D eigenvalue weighted by Crippen LogP contribution is -2.15. The number of H-pyrrole nitrogens is 2. The molecule has 5 nitrogen and oxygen atoms in total. The number of fused-ring (bicyclic) bond motifs is 3. The first kappa shape index (κ1) is 19.5. The number of rotatable bonds is 4. The topological polar surface area (TPSA) is 91.7 Å². The van der Waals surface area contributed by atoms with Gasteiger partial charge in [-0.05, 0) is 36.6 Å². The van der Waals surface area contributed by atoms with Gasteiger partial charge in [0, 0.05) is 16.5 Å². The van der Waals surface area contributed by atoms with E-state index in [0.717, 1.165) is 16.9 Å². The van der Waals surface area contributed by atoms with Crippen LogP contribution in [-0.4, -0.2) is 16.5 Å². The second-order valence-electron chi connectivity index (χ2n) is 7.11. The van der Waals surface area contributed by atoms with Crippen LogP contribution < -0.4 is 16.9 Å². The van der Waals surface area contributed by atoms with Gasteiger partial charge < -0.3 is 15.7 Å². The smallest absolute Gasteiger partial charge is 0.272 e. The first-order chi connectivity index (χ1) is 13.8. The highest BCUT2D eigenvalue weighted by Gasteiger charge is 2.20. The molecule has 0 saturated carbocycles. The minimum atomic E-state index is -2.69. The van der Waals surface area contributed by atoms with Gasteiger partial charge in [0.05, 0.1) is 16.0 Å². The molecule has 0 fully saturated rings. The van der Waals surface area contributed by atoms with Crippen LogP contribution in [0.15, 0.2) is 39.9 Å². The first-order valence-corrected chi connectivity index (χ1v) is 9.94. The van der Waals surface area contributed by atoms with E-state index in [1.807, 2.05) is 31.2 Å². The summed E-state index contributed by atoms with van der Waals surface area (Å²) in [4.78, 5) is 30.7. The van der Waals surface area contributed by atoms with Gasteiger partial charge in [-0.1, -0.05) is 31.2 Å². The van der Waals surface area contributed by atoms with Crippen LogP contribution in [0.5, 0.6) is 0 Å². The Morgan fingerprint density at radius 3 is 2.41 bits per heavy atom. The Morgan fingerprint density at radius 1 is 1.10 bits per heavy atom. The van der Waals surface area contributed by atoms with Crippen molar-refractivity contribution in [2.24, 2.45) is 5.73 Å². The van der Waals surface area contributed by atoms with Crippen molar-refractivity contribution in [3.63, 3.8) is 0 Å². The van der Waals surface area contributed by atoms with E-state index in [9.17, 15) is 18.4 Å². The highest BCUT2D eigenvalue weighted by Crippen LogP contribution is 2.37. The average Bonchev–Trinajstić information content (AvgIpc) is 3.15. The summed E-state index contributed by atoms with van der Waals surface area (Å²) in [5, 5.41) is 0.844. The van der Waals surface area contributed by atoms with Crippen molar-refractivity contribution in [2.45, 2.75) is 26.2 Å². The number of nitrogens with one attached hydrogen (secondary N) is 2. The van der Waals surface area contributed by atoms with E-state index in [-0.39, 0.29) is 21.1 Å². The number of hydrogen-bond acceptors (Lipinski definition) is 4. The average molecular weight is 415 g/mol. The molecule has 0 amide bonds. The molecule has 1 aromatic carbocycles. The molecule has 0 saturated heterocycles. The highest BCUT2D eigenvalue weighted by molar-refractivity contribution is 7.19. The predicted octanol–water partition coefficient (Wildman–Crippen LogP) is 4.41. The maximum Gasteiger partial charge on any atom is 0.272 e. The van der Waals surface area contributed by atoms with Gasteiger partial charge in [0.15, 0.2) is 0 Å². The molecule has 0 radical (unpaired) electrons. The van der Waals surface area contributed by atoms with Crippen LogP contribution in [0.4, 0.5) is 8.78 Å². The number of aryl methyl sites for hydroxylation is 1. The summed E-state index contributed by atoms with van der Waals surface area (Å²) in [7, 11) is 0. The Bertz CT molecular complexity index is 1340. The van der Waals surface area contributed by atoms with Crippen molar-refractivity contribution in [2.75, 3.05) is 6.54 Å². The molecule has 3 aromatic heterocycles. The standard InChI is InChI=1S/C21H19F2N3O2S/c1-9(8-24)11-3-5-12(6-4-11)15-16-13-7-14(19(22)23)29-18(13)21(28)26-17(16)10(2)25-20(15)27/h3-7,9,19H,8,24H2,1-2H3,(H,25,27)(H,26,28). The van der Waals surface area contributed by atoms with Crippen LogP contribution in [0, 0.1) is 6.92 Å². The lowest BCUT2D eigenvalue weighted by atomic mass is 9.95. The molecule has 4 aromatic rings. The van der Waals surface area contributed by atoms with Crippen LogP contribution in [0.1, 0.15) is 35.4 Å². The fraction of sp³-hybridized carbons (Fsp3) is 0.238. The molecule has 1 unspecified atom stereocenters. The van der Waals surface area contributed by atoms with E-state index in [4.69, 9.17) is 5.73 Å². The Balaban J connectivity index is 2.09. The molecule has 8 heteroatoms. The summed E-state index contributed by atoms with van der Waals surface area (Å²) >= 11 is 0.752. The second-order valence-corrected chi connectivity index (χ2v) is 8.19. The van der Waals surface area contributed by atoms with Crippen LogP contribution in [0.2, 0.25) is 0 Å². The summed E-state index contributed by atoms with van der Waals surface area (Å²) in [5.74, 6) is 0.172. The van der Waals surface area contributed by atoms with Gasteiger partial charge in [0.25, 0.3) is 17.5 Å². The fourth-order valence-corrected chi connectivity index (χ4v) is 4.50. The molecule has 1 atom stereocenters. The number of pyridine rings is 2. The molecule has 4 rings (SSSR count). The number of alkyl halides is 2. The summed E-state index contributed by atoms with van der Waals surface area (Å²) in [5.41, 5.74) is 7.88. The van der Waals surface area contributed by atoms with Gasteiger partial charge in [0.2, 0.25) is 0 Å². The van der Waals surface area contributed by atoms with E-state index in [1.165, 1.54) is 6.07 Å². The van der Waals surface area contributed by atoms with Crippen molar-refractivity contribution < 1.29 is 8.78 Å². The SMILES string of the molecule is Cc1[nH]c(=O)c(-c2ccc(C(C)CN)cc2)c2c1[nH]c(=O)c1sc(C(F)F)cc12. The molecule has 0 bridgehead atoms. The van der Waals surface area contributed by atoms with Gasteiger partial charge in [-0.15, -0.1) is 11.3 Å². The summed E-state index contributed by atoms with van der Waals surface area (Å²) in [6.45, 7) is 4.18. The number of benzene rings is 1. The number of thiophene rings is 1. The van der Waals surface area contributed by atoms with Gasteiger partial charge in [-0.3, -0.25) is 9.59 Å². The van der Waals surface area contributed by atoms with Crippen molar-refractivity contribution in [3.8, 4) is 11.1 Å². The summed E-state index contributed by atoms with van der Waals surface area (Å²) in [6, 6.07) is 8.75. The van der Waals surface area contributed by atoms with Gasteiger partial charge in [0.1, 0.15) is 4.70 Å². The molecular formula is C21H19F2N3O2S. The number of halogens is 2. The van der Waals surface area contributed by atoms with Crippen LogP contribution >= 0.6 is 11.3 Å². The van der Waals surface area contributed by atoms with E-state index >= 15 is 0 Å². The fourth-order valence-electron chi connectivity index (χ4n) is 3.58. The van der Waals surface area contributed by atoms with Crippen molar-refractivity contribution in [1.82, 2.24) is 9.97 Å². The zero-order valence-electron chi connectivity index (χ0n) is 15.8. The monoisotopic (exact) mass is 415 g/mol. The maximum absolute atomic E-state index is 13.3. The Labute approximate surface area is 168 Å². The van der Waals surface area contributed by atoms with Gasteiger partial charge in [-0.2, -0.15) is 0 Å². The molecule has 0 aliphatic carbocycles. The molecule has 4 N–H and O–H groups in total. The molecule has 150 valence electrons. The number of aromatic amines is 2. The minimum Gasteiger partial charge on any atom is -0.330 e. The molecule has 0 spiro atoms. The minimum absolute atomic E-state index is 0.172. The van der Waals surface area contributed by atoms with Crippen molar-refractivity contribution in [3.05, 3.63) is 67.2 Å². The first-order valence-electron chi connectivity index (χ1n) is 9.12. The molecular weight excluding hydrogens is 396 g/mol. The van der Waals surface area contributed by atoms with Crippen molar-refractivity contribution in [1.29, 1.82) is 0 Å². The van der Waals surface area contributed by atoms with Gasteiger partial charge >= 0.3 is 0 Å². The molecule has 0 aliphatic heterocycles. The molecule has 0 aliphatic rings. The highest BCUT2D eigenvalue weighted by atomic mass is 32.1. The zero-order chi connectivity index (χ0) is 20.9. The lowest BCUT2D eigenvalue weighted by molar-refractivity contribution is 0.156. The Kier molecular flexibility index (Phi) is 4.84. The van der Waals surface area contributed by atoms with Crippen LogP contribution in [-0.2, 0) is 0 Å². The van der Waals surface area contributed by atoms with E-state index < -0.39 is 12.0 Å². The Hall–Kier alpha value is -2.84. The number of nitrogens with two attached hydrogens (primary N) is 1. The van der Waals surface area contributed by atoms with Crippen LogP contribution in [0.25, 0.3) is 32.1 Å². The third-order valence-electron chi connectivity index (χ3n) is 5.21. The normalized spacial score (nSPS) is 12.9. The quantitative estimate of drug-likeness (QED) is 0.461. The number of hydrogen-bond donors (Lipinski definition) is 3. The molecule has 3 heterocycles. The van der Waals surface area contributed by atoms with Crippen molar-refractivity contribution >= 4 is 32.3 Å². The Morgan fingerprint density at radius 2 is 1.79 bits per heavy atom. The predicted molar refractivity (Wildman–Crippen MR) is 113 cm³/mol. The van der Waals surface area contributed by atoms with Crippen LogP contribution in [0.3, 0.4) is 0 Å². The van der Waals surface area contributed by atoms with E-state index in [2.05, 4.69) is 9.97 Å². The number of aromatic nitrogens is 2.